The molecule has 0 amide bonds. The Balaban J connectivity index is 1.09. The van der Waals surface area contributed by atoms with Crippen LogP contribution in [0.25, 0.3) is 5.82 Å². The van der Waals surface area contributed by atoms with E-state index in [9.17, 15) is 0 Å². The van der Waals surface area contributed by atoms with Crippen LogP contribution in [-0.4, -0.2) is 68.8 Å². The lowest BCUT2D eigenvalue weighted by atomic mass is 9.97. The number of pyridine rings is 1. The molecule has 0 saturated carbocycles. The van der Waals surface area contributed by atoms with Gasteiger partial charge < -0.3 is 10.2 Å². The Bertz CT molecular complexity index is 933. The maximum atomic E-state index is 4.50. The SMILES string of the molecule is c1ccc(CN2CCN(CCCC3CNc4cnc(-n5cncn5)cc43)CC2)cc1. The summed E-state index contributed by atoms with van der Waals surface area (Å²) in [6, 6.07) is 13.0. The molecule has 4 heterocycles. The predicted molar refractivity (Wildman–Crippen MR) is 118 cm³/mol. The molecule has 156 valence electrons. The van der Waals surface area contributed by atoms with E-state index in [1.807, 2.05) is 6.20 Å². The molecular weight excluding hydrogens is 374 g/mol. The Morgan fingerprint density at radius 2 is 1.87 bits per heavy atom. The number of benzene rings is 1. The Morgan fingerprint density at radius 1 is 1.03 bits per heavy atom. The van der Waals surface area contributed by atoms with Crippen LogP contribution < -0.4 is 5.32 Å². The zero-order valence-electron chi connectivity index (χ0n) is 17.3. The smallest absolute Gasteiger partial charge is 0.155 e. The molecule has 1 fully saturated rings. The lowest BCUT2D eigenvalue weighted by molar-refractivity contribution is 0.125. The number of fused-ring (bicyclic) bond motifs is 1. The highest BCUT2D eigenvalue weighted by molar-refractivity contribution is 5.58. The van der Waals surface area contributed by atoms with Gasteiger partial charge in [-0.25, -0.2) is 14.6 Å². The Kier molecular flexibility index (Phi) is 5.72. The van der Waals surface area contributed by atoms with Crippen molar-refractivity contribution in [1.29, 1.82) is 0 Å². The quantitative estimate of drug-likeness (QED) is 0.655. The Hall–Kier alpha value is -2.77. The average molecular weight is 404 g/mol. The topological polar surface area (TPSA) is 62.1 Å². The lowest BCUT2D eigenvalue weighted by Gasteiger charge is -2.34. The van der Waals surface area contributed by atoms with E-state index in [1.54, 1.807) is 17.3 Å². The molecule has 7 heteroatoms. The van der Waals surface area contributed by atoms with Gasteiger partial charge in [0, 0.05) is 45.2 Å². The lowest BCUT2D eigenvalue weighted by Crippen LogP contribution is -2.46. The van der Waals surface area contributed by atoms with Crippen LogP contribution in [0.15, 0.2) is 55.2 Å². The van der Waals surface area contributed by atoms with Crippen molar-refractivity contribution >= 4 is 5.69 Å². The van der Waals surface area contributed by atoms with E-state index >= 15 is 0 Å². The van der Waals surface area contributed by atoms with Crippen molar-refractivity contribution in [2.45, 2.75) is 25.3 Å². The van der Waals surface area contributed by atoms with Crippen LogP contribution in [0.4, 0.5) is 5.69 Å². The molecule has 2 aliphatic rings. The van der Waals surface area contributed by atoms with Gasteiger partial charge in [-0.3, -0.25) is 4.90 Å². The molecule has 1 N–H and O–H groups in total. The molecule has 7 nitrogen and oxygen atoms in total. The highest BCUT2D eigenvalue weighted by Crippen LogP contribution is 2.34. The molecule has 0 aliphatic carbocycles. The Labute approximate surface area is 177 Å². The molecule has 1 unspecified atom stereocenters. The molecule has 30 heavy (non-hydrogen) atoms. The summed E-state index contributed by atoms with van der Waals surface area (Å²) in [5.74, 6) is 1.39. The molecule has 1 saturated heterocycles. The number of anilines is 1. The maximum absolute atomic E-state index is 4.50. The van der Waals surface area contributed by atoms with E-state index in [0.29, 0.717) is 5.92 Å². The first-order valence-corrected chi connectivity index (χ1v) is 10.9. The minimum absolute atomic E-state index is 0.546. The molecule has 0 spiro atoms. The van der Waals surface area contributed by atoms with E-state index in [2.05, 4.69) is 66.6 Å². The second-order valence-corrected chi connectivity index (χ2v) is 8.29. The summed E-state index contributed by atoms with van der Waals surface area (Å²) in [5.41, 5.74) is 3.94. The summed E-state index contributed by atoms with van der Waals surface area (Å²) >= 11 is 0. The van der Waals surface area contributed by atoms with Crippen LogP contribution in [0, 0.1) is 0 Å². The zero-order chi connectivity index (χ0) is 20.2. The van der Waals surface area contributed by atoms with E-state index in [1.165, 1.54) is 49.3 Å². The summed E-state index contributed by atoms with van der Waals surface area (Å²) in [7, 11) is 0. The second-order valence-electron chi connectivity index (χ2n) is 8.29. The molecule has 1 aromatic carbocycles. The first-order chi connectivity index (χ1) is 14.8. The number of rotatable bonds is 7. The highest BCUT2D eigenvalue weighted by Gasteiger charge is 2.24. The van der Waals surface area contributed by atoms with Gasteiger partial charge in [-0.05, 0) is 36.6 Å². The van der Waals surface area contributed by atoms with Crippen molar-refractivity contribution in [3.63, 3.8) is 0 Å². The van der Waals surface area contributed by atoms with Gasteiger partial charge in [0.15, 0.2) is 5.82 Å². The van der Waals surface area contributed by atoms with Crippen LogP contribution >= 0.6 is 0 Å². The molecule has 2 aliphatic heterocycles. The van der Waals surface area contributed by atoms with Crippen LogP contribution in [0.2, 0.25) is 0 Å². The summed E-state index contributed by atoms with van der Waals surface area (Å²) in [6.07, 6.45) is 7.60. The van der Waals surface area contributed by atoms with E-state index in [0.717, 1.165) is 32.0 Å². The minimum Gasteiger partial charge on any atom is -0.383 e. The number of aromatic nitrogens is 4. The highest BCUT2D eigenvalue weighted by atomic mass is 15.3. The standard InChI is InChI=1S/C23H29N7/c1-2-5-19(6-3-1)16-29-11-9-28(10-12-29)8-4-7-20-14-25-22-15-26-23(13-21(20)22)30-18-24-17-27-30/h1-3,5-6,13,15,17-18,20,25H,4,7-12,14,16H2. The molecule has 1 atom stereocenters. The molecule has 2 aromatic heterocycles. The maximum Gasteiger partial charge on any atom is 0.155 e. The van der Waals surface area contributed by atoms with Crippen LogP contribution in [0.1, 0.15) is 29.9 Å². The predicted octanol–water partition coefficient (Wildman–Crippen LogP) is 2.77. The minimum atomic E-state index is 0.546. The summed E-state index contributed by atoms with van der Waals surface area (Å²) in [6.45, 7) is 7.93. The van der Waals surface area contributed by atoms with Gasteiger partial charge in [-0.1, -0.05) is 30.3 Å². The Morgan fingerprint density at radius 3 is 2.67 bits per heavy atom. The first kappa shape index (κ1) is 19.2. The van der Waals surface area contributed by atoms with Gasteiger partial charge >= 0.3 is 0 Å². The normalized spacial score (nSPS) is 19.5. The monoisotopic (exact) mass is 403 g/mol. The fraction of sp³-hybridized carbons (Fsp3) is 0.435. The molecule has 5 rings (SSSR count). The molecular formula is C23H29N7. The van der Waals surface area contributed by atoms with Crippen molar-refractivity contribution < 1.29 is 0 Å². The van der Waals surface area contributed by atoms with Gasteiger partial charge in [0.05, 0.1) is 11.9 Å². The van der Waals surface area contributed by atoms with Gasteiger partial charge in [-0.15, -0.1) is 0 Å². The van der Waals surface area contributed by atoms with E-state index < -0.39 is 0 Å². The van der Waals surface area contributed by atoms with Crippen LogP contribution in [0.5, 0.6) is 0 Å². The summed E-state index contributed by atoms with van der Waals surface area (Å²) in [5, 5.41) is 7.72. The summed E-state index contributed by atoms with van der Waals surface area (Å²) in [4.78, 5) is 13.7. The first-order valence-electron chi connectivity index (χ1n) is 10.9. The van der Waals surface area contributed by atoms with Crippen molar-refractivity contribution in [2.75, 3.05) is 44.6 Å². The number of piperazine rings is 1. The summed E-state index contributed by atoms with van der Waals surface area (Å²) < 4.78 is 1.73. The van der Waals surface area contributed by atoms with Gasteiger partial charge in [-0.2, -0.15) is 5.10 Å². The molecule has 0 bridgehead atoms. The fourth-order valence-corrected chi connectivity index (χ4v) is 4.57. The second kappa shape index (κ2) is 8.93. The average Bonchev–Trinajstić information content (AvgIpc) is 3.46. The number of nitrogens with one attached hydrogen (secondary N) is 1. The third kappa shape index (κ3) is 4.37. The zero-order valence-corrected chi connectivity index (χ0v) is 17.3. The fourth-order valence-electron chi connectivity index (χ4n) is 4.57. The molecule has 0 radical (unpaired) electrons. The number of hydrogen-bond acceptors (Lipinski definition) is 6. The van der Waals surface area contributed by atoms with Crippen LogP contribution in [-0.2, 0) is 6.54 Å². The number of nitrogens with zero attached hydrogens (tertiary/aromatic N) is 6. The third-order valence-corrected chi connectivity index (χ3v) is 6.29. The van der Waals surface area contributed by atoms with Crippen molar-refractivity contribution in [2.24, 2.45) is 0 Å². The van der Waals surface area contributed by atoms with Crippen molar-refractivity contribution in [1.82, 2.24) is 29.5 Å². The van der Waals surface area contributed by atoms with Crippen LogP contribution in [0.3, 0.4) is 0 Å². The van der Waals surface area contributed by atoms with Gasteiger partial charge in [0.25, 0.3) is 0 Å². The molecule has 3 aromatic rings. The van der Waals surface area contributed by atoms with Crippen molar-refractivity contribution in [3.8, 4) is 5.82 Å². The van der Waals surface area contributed by atoms with E-state index in [4.69, 9.17) is 0 Å². The van der Waals surface area contributed by atoms with Gasteiger partial charge in [0.2, 0.25) is 0 Å². The largest absolute Gasteiger partial charge is 0.383 e. The van der Waals surface area contributed by atoms with Crippen molar-refractivity contribution in [3.05, 3.63) is 66.4 Å². The van der Waals surface area contributed by atoms with Gasteiger partial charge in [0.1, 0.15) is 12.7 Å². The van der Waals surface area contributed by atoms with E-state index in [-0.39, 0.29) is 0 Å². The number of hydrogen-bond donors (Lipinski definition) is 1. The third-order valence-electron chi connectivity index (χ3n) is 6.29.